The second kappa shape index (κ2) is 4.07. The molecule has 2 aliphatic rings. The monoisotopic (exact) mass is 225 g/mol. The molecule has 2 atom stereocenters. The number of rotatable bonds is 4. The van der Waals surface area contributed by atoms with E-state index >= 15 is 0 Å². The Morgan fingerprint density at radius 1 is 1.44 bits per heavy atom. The normalized spacial score (nSPS) is 27.7. The first kappa shape index (κ1) is 11.4. The van der Waals surface area contributed by atoms with Crippen molar-refractivity contribution in [3.8, 4) is 0 Å². The fourth-order valence-electron chi connectivity index (χ4n) is 3.01. The summed E-state index contributed by atoms with van der Waals surface area (Å²) in [4.78, 5) is 22.3. The van der Waals surface area contributed by atoms with E-state index < -0.39 is 5.97 Å². The van der Waals surface area contributed by atoms with Crippen LogP contribution >= 0.6 is 0 Å². The van der Waals surface area contributed by atoms with Gasteiger partial charge in [-0.3, -0.25) is 9.59 Å². The van der Waals surface area contributed by atoms with E-state index in [9.17, 15) is 9.59 Å². The van der Waals surface area contributed by atoms with Crippen molar-refractivity contribution in [3.05, 3.63) is 0 Å². The standard InChI is InChI=1S/C12H19NO3/c1-8(6-10(14)15)13-11(16)9-7-12(9)4-2-3-5-12/h8-9H,2-7H2,1H3,(H,13,16)(H,14,15). The minimum Gasteiger partial charge on any atom is -0.481 e. The van der Waals surface area contributed by atoms with E-state index in [0.29, 0.717) is 5.41 Å². The van der Waals surface area contributed by atoms with Gasteiger partial charge in [0.05, 0.1) is 6.42 Å². The van der Waals surface area contributed by atoms with Gasteiger partial charge in [-0.15, -0.1) is 0 Å². The number of carboxylic acids is 1. The van der Waals surface area contributed by atoms with Crippen LogP contribution in [0.25, 0.3) is 0 Å². The smallest absolute Gasteiger partial charge is 0.305 e. The van der Waals surface area contributed by atoms with Crippen LogP contribution in [0.15, 0.2) is 0 Å². The van der Waals surface area contributed by atoms with Gasteiger partial charge in [0, 0.05) is 12.0 Å². The van der Waals surface area contributed by atoms with Crippen LogP contribution in [0.5, 0.6) is 0 Å². The van der Waals surface area contributed by atoms with Crippen LogP contribution in [0.4, 0.5) is 0 Å². The summed E-state index contributed by atoms with van der Waals surface area (Å²) < 4.78 is 0. The molecule has 0 aliphatic heterocycles. The lowest BCUT2D eigenvalue weighted by molar-refractivity contribution is -0.137. The van der Waals surface area contributed by atoms with Gasteiger partial charge in [0.2, 0.25) is 5.91 Å². The fraction of sp³-hybridized carbons (Fsp3) is 0.833. The first-order chi connectivity index (χ1) is 7.53. The Hall–Kier alpha value is -1.06. The fourth-order valence-corrected chi connectivity index (χ4v) is 3.01. The number of hydrogen-bond acceptors (Lipinski definition) is 2. The Bertz CT molecular complexity index is 307. The van der Waals surface area contributed by atoms with Crippen molar-refractivity contribution in [2.24, 2.45) is 11.3 Å². The average molecular weight is 225 g/mol. The lowest BCUT2D eigenvalue weighted by Crippen LogP contribution is -2.36. The van der Waals surface area contributed by atoms with E-state index in [1.54, 1.807) is 6.92 Å². The maximum atomic E-state index is 11.9. The molecule has 16 heavy (non-hydrogen) atoms. The summed E-state index contributed by atoms with van der Waals surface area (Å²) in [6.45, 7) is 1.75. The predicted octanol–water partition coefficient (Wildman–Crippen LogP) is 1.55. The van der Waals surface area contributed by atoms with Gasteiger partial charge in [-0.1, -0.05) is 12.8 Å². The van der Waals surface area contributed by atoms with E-state index in [4.69, 9.17) is 5.11 Å². The van der Waals surface area contributed by atoms with Gasteiger partial charge in [0.25, 0.3) is 0 Å². The third-order valence-electron chi connectivity index (χ3n) is 3.98. The van der Waals surface area contributed by atoms with E-state index in [1.807, 2.05) is 0 Å². The number of nitrogens with one attached hydrogen (secondary N) is 1. The van der Waals surface area contributed by atoms with E-state index in [-0.39, 0.29) is 24.3 Å². The first-order valence-electron chi connectivity index (χ1n) is 6.06. The zero-order valence-corrected chi connectivity index (χ0v) is 9.66. The molecule has 4 heteroatoms. The molecule has 1 spiro atoms. The molecule has 0 aromatic carbocycles. The average Bonchev–Trinajstić information content (AvgIpc) is 2.63. The molecule has 0 radical (unpaired) electrons. The topological polar surface area (TPSA) is 66.4 Å². The third-order valence-corrected chi connectivity index (χ3v) is 3.98. The largest absolute Gasteiger partial charge is 0.481 e. The molecule has 2 saturated carbocycles. The Morgan fingerprint density at radius 3 is 2.62 bits per heavy atom. The number of aliphatic carboxylic acids is 1. The molecule has 0 aromatic rings. The van der Waals surface area contributed by atoms with Gasteiger partial charge >= 0.3 is 5.97 Å². The van der Waals surface area contributed by atoms with E-state index in [1.165, 1.54) is 25.7 Å². The molecule has 90 valence electrons. The quantitative estimate of drug-likeness (QED) is 0.762. The van der Waals surface area contributed by atoms with Gasteiger partial charge in [-0.2, -0.15) is 0 Å². The van der Waals surface area contributed by atoms with Crippen LogP contribution in [0.3, 0.4) is 0 Å². The number of carboxylic acid groups (broad SMARTS) is 1. The molecule has 0 bridgehead atoms. The van der Waals surface area contributed by atoms with Crippen molar-refractivity contribution >= 4 is 11.9 Å². The van der Waals surface area contributed by atoms with Crippen LogP contribution < -0.4 is 5.32 Å². The summed E-state index contributed by atoms with van der Waals surface area (Å²) in [6.07, 6.45) is 5.86. The Morgan fingerprint density at radius 2 is 2.06 bits per heavy atom. The van der Waals surface area contributed by atoms with Crippen LogP contribution in [-0.2, 0) is 9.59 Å². The Labute approximate surface area is 95.4 Å². The SMILES string of the molecule is CC(CC(=O)O)NC(=O)C1CC12CCCC2. The molecule has 2 N–H and O–H groups in total. The number of carbonyl (C=O) groups is 2. The molecule has 0 heterocycles. The minimum absolute atomic E-state index is 0.00542. The molecule has 4 nitrogen and oxygen atoms in total. The van der Waals surface area contributed by atoms with E-state index in [0.717, 1.165) is 6.42 Å². The summed E-state index contributed by atoms with van der Waals surface area (Å²) >= 11 is 0. The summed E-state index contributed by atoms with van der Waals surface area (Å²) in [7, 11) is 0. The number of carbonyl (C=O) groups excluding carboxylic acids is 1. The van der Waals surface area contributed by atoms with Crippen LogP contribution in [0.2, 0.25) is 0 Å². The molecule has 2 fully saturated rings. The summed E-state index contributed by atoms with van der Waals surface area (Å²) in [5.41, 5.74) is 0.299. The highest BCUT2D eigenvalue weighted by atomic mass is 16.4. The lowest BCUT2D eigenvalue weighted by Gasteiger charge is -2.13. The Kier molecular flexibility index (Phi) is 2.91. The van der Waals surface area contributed by atoms with Crippen LogP contribution in [0.1, 0.15) is 45.4 Å². The van der Waals surface area contributed by atoms with Crippen LogP contribution in [0, 0.1) is 11.3 Å². The maximum absolute atomic E-state index is 11.9. The van der Waals surface area contributed by atoms with Gasteiger partial charge in [-0.25, -0.2) is 0 Å². The number of hydrogen-bond donors (Lipinski definition) is 2. The number of amides is 1. The highest BCUT2D eigenvalue weighted by Crippen LogP contribution is 2.62. The van der Waals surface area contributed by atoms with E-state index in [2.05, 4.69) is 5.32 Å². The van der Waals surface area contributed by atoms with Crippen molar-refractivity contribution in [1.82, 2.24) is 5.32 Å². The molecule has 2 aliphatic carbocycles. The third kappa shape index (κ3) is 2.20. The molecular formula is C12H19NO3. The van der Waals surface area contributed by atoms with Crippen LogP contribution in [-0.4, -0.2) is 23.0 Å². The molecule has 2 rings (SSSR count). The van der Waals surface area contributed by atoms with Gasteiger partial charge in [0.15, 0.2) is 0 Å². The first-order valence-corrected chi connectivity index (χ1v) is 6.06. The maximum Gasteiger partial charge on any atom is 0.305 e. The van der Waals surface area contributed by atoms with Crippen molar-refractivity contribution < 1.29 is 14.7 Å². The molecule has 1 amide bonds. The zero-order chi connectivity index (χ0) is 11.8. The summed E-state index contributed by atoms with van der Waals surface area (Å²) in [5, 5.41) is 11.4. The molecule has 0 saturated heterocycles. The Balaban J connectivity index is 1.79. The second-order valence-electron chi connectivity index (χ2n) is 5.33. The van der Waals surface area contributed by atoms with Gasteiger partial charge in [0.1, 0.15) is 0 Å². The summed E-state index contributed by atoms with van der Waals surface area (Å²) in [6, 6.07) is -0.260. The summed E-state index contributed by atoms with van der Waals surface area (Å²) in [5.74, 6) is -0.638. The van der Waals surface area contributed by atoms with Gasteiger partial charge in [-0.05, 0) is 31.6 Å². The van der Waals surface area contributed by atoms with Crippen molar-refractivity contribution in [1.29, 1.82) is 0 Å². The predicted molar refractivity (Wildman–Crippen MR) is 58.9 cm³/mol. The second-order valence-corrected chi connectivity index (χ2v) is 5.33. The van der Waals surface area contributed by atoms with Crippen molar-refractivity contribution in [2.45, 2.75) is 51.5 Å². The minimum atomic E-state index is -0.862. The highest BCUT2D eigenvalue weighted by molar-refractivity contribution is 5.83. The molecule has 2 unspecified atom stereocenters. The van der Waals surface area contributed by atoms with Crippen molar-refractivity contribution in [3.63, 3.8) is 0 Å². The molecular weight excluding hydrogens is 206 g/mol. The lowest BCUT2D eigenvalue weighted by atomic mass is 10.0. The van der Waals surface area contributed by atoms with Crippen molar-refractivity contribution in [2.75, 3.05) is 0 Å². The zero-order valence-electron chi connectivity index (χ0n) is 9.66. The highest BCUT2D eigenvalue weighted by Gasteiger charge is 2.58. The van der Waals surface area contributed by atoms with Gasteiger partial charge < -0.3 is 10.4 Å². The molecule has 0 aromatic heterocycles.